The van der Waals surface area contributed by atoms with E-state index in [1.165, 1.54) is 19.3 Å². The molecule has 1 saturated carbocycles. The van der Waals surface area contributed by atoms with Gasteiger partial charge >= 0.3 is 0 Å². The maximum absolute atomic E-state index is 7.28. The molecule has 2 rings (SSSR count). The zero-order valence-corrected chi connectivity index (χ0v) is 10.9. The van der Waals surface area contributed by atoms with E-state index < -0.39 is 0 Å². The Morgan fingerprint density at radius 1 is 1.50 bits per heavy atom. The van der Waals surface area contributed by atoms with Crippen molar-refractivity contribution >= 4 is 5.84 Å². The minimum atomic E-state index is -0.00902. The summed E-state index contributed by atoms with van der Waals surface area (Å²) < 4.78 is 5.95. The molecule has 1 aromatic heterocycles. The van der Waals surface area contributed by atoms with Crippen molar-refractivity contribution in [3.63, 3.8) is 0 Å². The Balaban J connectivity index is 1.94. The standard InChI is InChI=1S/C14H21N3O/c1-2-10-4-3-5-11(8-10)18-12-6-7-13(14(15)16)17-9-12/h6-7,9-11H,2-5,8H2,1H3,(H3,15,16). The summed E-state index contributed by atoms with van der Waals surface area (Å²) in [4.78, 5) is 4.11. The molecule has 0 aliphatic heterocycles. The van der Waals surface area contributed by atoms with Crippen molar-refractivity contribution in [3.8, 4) is 5.75 Å². The van der Waals surface area contributed by atoms with E-state index in [0.717, 1.165) is 24.5 Å². The zero-order valence-electron chi connectivity index (χ0n) is 10.9. The van der Waals surface area contributed by atoms with Gasteiger partial charge < -0.3 is 10.5 Å². The van der Waals surface area contributed by atoms with Crippen molar-refractivity contribution in [2.45, 2.75) is 45.1 Å². The number of nitrogens with one attached hydrogen (secondary N) is 1. The number of ether oxygens (including phenoxy) is 1. The highest BCUT2D eigenvalue weighted by molar-refractivity contribution is 5.92. The third kappa shape index (κ3) is 3.22. The average molecular weight is 247 g/mol. The molecule has 0 saturated heterocycles. The van der Waals surface area contributed by atoms with Gasteiger partial charge in [0.15, 0.2) is 0 Å². The minimum Gasteiger partial charge on any atom is -0.489 e. The molecular weight excluding hydrogens is 226 g/mol. The summed E-state index contributed by atoms with van der Waals surface area (Å²) in [5.41, 5.74) is 5.86. The summed E-state index contributed by atoms with van der Waals surface area (Å²) in [6, 6.07) is 3.58. The molecule has 98 valence electrons. The molecule has 18 heavy (non-hydrogen) atoms. The average Bonchev–Trinajstić information content (AvgIpc) is 2.39. The van der Waals surface area contributed by atoms with Crippen LogP contribution < -0.4 is 10.5 Å². The van der Waals surface area contributed by atoms with Crippen LogP contribution in [-0.4, -0.2) is 16.9 Å². The monoisotopic (exact) mass is 247 g/mol. The molecule has 1 aliphatic rings. The smallest absolute Gasteiger partial charge is 0.141 e. The highest BCUT2D eigenvalue weighted by Gasteiger charge is 2.22. The molecule has 4 heteroatoms. The van der Waals surface area contributed by atoms with Crippen molar-refractivity contribution in [2.24, 2.45) is 11.7 Å². The lowest BCUT2D eigenvalue weighted by atomic mass is 9.85. The largest absolute Gasteiger partial charge is 0.489 e. The molecule has 4 nitrogen and oxygen atoms in total. The molecule has 2 atom stereocenters. The minimum absolute atomic E-state index is 0.00902. The molecule has 0 radical (unpaired) electrons. The fourth-order valence-electron chi connectivity index (χ4n) is 2.52. The van der Waals surface area contributed by atoms with Gasteiger partial charge in [-0.15, -0.1) is 0 Å². The Morgan fingerprint density at radius 3 is 2.94 bits per heavy atom. The van der Waals surface area contributed by atoms with E-state index in [1.807, 2.05) is 6.07 Å². The van der Waals surface area contributed by atoms with Gasteiger partial charge in [-0.25, -0.2) is 4.98 Å². The van der Waals surface area contributed by atoms with Crippen LogP contribution in [0.25, 0.3) is 0 Å². The fraction of sp³-hybridized carbons (Fsp3) is 0.571. The van der Waals surface area contributed by atoms with E-state index >= 15 is 0 Å². The Kier molecular flexibility index (Phi) is 4.18. The Bertz CT molecular complexity index is 402. The summed E-state index contributed by atoms with van der Waals surface area (Å²) in [7, 11) is 0. The van der Waals surface area contributed by atoms with Crippen LogP contribution in [0, 0.1) is 11.3 Å². The Labute approximate surface area is 108 Å². The van der Waals surface area contributed by atoms with Crippen LogP contribution >= 0.6 is 0 Å². The molecule has 2 unspecified atom stereocenters. The summed E-state index contributed by atoms with van der Waals surface area (Å²) >= 11 is 0. The molecule has 1 aromatic rings. The lowest BCUT2D eigenvalue weighted by molar-refractivity contribution is 0.121. The van der Waals surface area contributed by atoms with Crippen molar-refractivity contribution in [1.29, 1.82) is 5.41 Å². The SMILES string of the molecule is CCC1CCCC(Oc2ccc(C(=N)N)nc2)C1. The number of hydrogen-bond acceptors (Lipinski definition) is 3. The first-order chi connectivity index (χ1) is 8.69. The molecular formula is C14H21N3O. The van der Waals surface area contributed by atoms with Gasteiger partial charge in [-0.2, -0.15) is 0 Å². The molecule has 0 amide bonds. The first-order valence-corrected chi connectivity index (χ1v) is 6.66. The van der Waals surface area contributed by atoms with Crippen LogP contribution in [0.4, 0.5) is 0 Å². The van der Waals surface area contributed by atoms with E-state index in [2.05, 4.69) is 11.9 Å². The summed E-state index contributed by atoms with van der Waals surface area (Å²) in [5, 5.41) is 7.28. The van der Waals surface area contributed by atoms with E-state index in [1.54, 1.807) is 12.3 Å². The van der Waals surface area contributed by atoms with Crippen molar-refractivity contribution < 1.29 is 4.74 Å². The van der Waals surface area contributed by atoms with Crippen LogP contribution in [0.15, 0.2) is 18.3 Å². The van der Waals surface area contributed by atoms with Gasteiger partial charge in [0.1, 0.15) is 17.3 Å². The van der Waals surface area contributed by atoms with Crippen LogP contribution in [0.3, 0.4) is 0 Å². The second-order valence-electron chi connectivity index (χ2n) is 4.97. The zero-order chi connectivity index (χ0) is 13.0. The predicted octanol–water partition coefficient (Wildman–Crippen LogP) is 2.71. The Morgan fingerprint density at radius 2 is 2.33 bits per heavy atom. The number of nitrogens with two attached hydrogens (primary N) is 1. The van der Waals surface area contributed by atoms with Crippen molar-refractivity contribution in [1.82, 2.24) is 4.98 Å². The number of rotatable bonds is 4. The van der Waals surface area contributed by atoms with E-state index in [-0.39, 0.29) is 5.84 Å². The molecule has 3 N–H and O–H groups in total. The number of pyridine rings is 1. The molecule has 1 aliphatic carbocycles. The maximum atomic E-state index is 7.28. The van der Waals surface area contributed by atoms with E-state index in [4.69, 9.17) is 15.9 Å². The molecule has 1 heterocycles. The fourth-order valence-corrected chi connectivity index (χ4v) is 2.52. The molecule has 0 bridgehead atoms. The lowest BCUT2D eigenvalue weighted by Crippen LogP contribution is -2.25. The molecule has 0 spiro atoms. The topological polar surface area (TPSA) is 72.0 Å². The number of hydrogen-bond donors (Lipinski definition) is 2. The predicted molar refractivity (Wildman–Crippen MR) is 71.9 cm³/mol. The van der Waals surface area contributed by atoms with Gasteiger partial charge in [0.05, 0.1) is 12.3 Å². The molecule has 0 aromatic carbocycles. The molecule has 1 fully saturated rings. The second-order valence-corrected chi connectivity index (χ2v) is 4.97. The van der Waals surface area contributed by atoms with Gasteiger partial charge in [0.25, 0.3) is 0 Å². The summed E-state index contributed by atoms with van der Waals surface area (Å²) in [6.45, 7) is 2.25. The van der Waals surface area contributed by atoms with Gasteiger partial charge in [-0.3, -0.25) is 5.41 Å². The third-order valence-corrected chi connectivity index (χ3v) is 3.63. The van der Waals surface area contributed by atoms with E-state index in [9.17, 15) is 0 Å². The number of nitrogen functional groups attached to an aromatic ring is 1. The number of amidine groups is 1. The third-order valence-electron chi connectivity index (χ3n) is 3.63. The first kappa shape index (κ1) is 12.9. The summed E-state index contributed by atoms with van der Waals surface area (Å²) in [5.74, 6) is 1.57. The van der Waals surface area contributed by atoms with Gasteiger partial charge in [0.2, 0.25) is 0 Å². The second kappa shape index (κ2) is 5.85. The summed E-state index contributed by atoms with van der Waals surface area (Å²) in [6.07, 6.45) is 8.07. The van der Waals surface area contributed by atoms with E-state index in [0.29, 0.717) is 11.8 Å². The van der Waals surface area contributed by atoms with Crippen LogP contribution in [-0.2, 0) is 0 Å². The van der Waals surface area contributed by atoms with Crippen LogP contribution in [0.5, 0.6) is 5.75 Å². The maximum Gasteiger partial charge on any atom is 0.141 e. The van der Waals surface area contributed by atoms with Gasteiger partial charge in [0, 0.05) is 0 Å². The van der Waals surface area contributed by atoms with Crippen molar-refractivity contribution in [3.05, 3.63) is 24.0 Å². The first-order valence-electron chi connectivity index (χ1n) is 6.66. The normalized spacial score (nSPS) is 23.6. The quantitative estimate of drug-likeness (QED) is 0.634. The highest BCUT2D eigenvalue weighted by Crippen LogP contribution is 2.29. The van der Waals surface area contributed by atoms with Gasteiger partial charge in [-0.1, -0.05) is 19.8 Å². The lowest BCUT2D eigenvalue weighted by Gasteiger charge is -2.28. The van der Waals surface area contributed by atoms with Crippen molar-refractivity contribution in [2.75, 3.05) is 0 Å². The number of nitrogens with zero attached hydrogens (tertiary/aromatic N) is 1. The Hall–Kier alpha value is -1.58. The van der Waals surface area contributed by atoms with Crippen LogP contribution in [0.1, 0.15) is 44.7 Å². The van der Waals surface area contributed by atoms with Crippen LogP contribution in [0.2, 0.25) is 0 Å². The van der Waals surface area contributed by atoms with Gasteiger partial charge in [-0.05, 0) is 37.3 Å². The highest BCUT2D eigenvalue weighted by atomic mass is 16.5. The number of aromatic nitrogens is 1.